The number of likely N-dealkylation sites (tertiary alicyclic amines) is 1. The summed E-state index contributed by atoms with van der Waals surface area (Å²) < 4.78 is 11.1. The summed E-state index contributed by atoms with van der Waals surface area (Å²) in [6, 6.07) is 13.0. The van der Waals surface area contributed by atoms with Crippen LogP contribution in [0.25, 0.3) is 0 Å². The van der Waals surface area contributed by atoms with E-state index in [1.165, 1.54) is 0 Å². The van der Waals surface area contributed by atoms with Crippen LogP contribution in [-0.2, 0) is 0 Å². The van der Waals surface area contributed by atoms with E-state index >= 15 is 0 Å². The first kappa shape index (κ1) is 19.9. The van der Waals surface area contributed by atoms with Crippen LogP contribution >= 0.6 is 11.6 Å². The largest absolute Gasteiger partial charge is 0.454 e. The highest BCUT2D eigenvalue weighted by Crippen LogP contribution is 2.50. The van der Waals surface area contributed by atoms with Gasteiger partial charge >= 0.3 is 0 Å². The average molecular weight is 428 g/mol. The molecule has 1 N–H and O–H groups in total. The summed E-state index contributed by atoms with van der Waals surface area (Å²) >= 11 is 5.98. The summed E-state index contributed by atoms with van der Waals surface area (Å²) in [5.74, 6) is 1.65. The van der Waals surface area contributed by atoms with Gasteiger partial charge in [-0.15, -0.1) is 0 Å². The molecular formula is C24H26ClNO4. The van der Waals surface area contributed by atoms with E-state index in [0.29, 0.717) is 30.1 Å². The molecule has 0 bridgehead atoms. The number of rotatable bonds is 4. The third-order valence-corrected chi connectivity index (χ3v) is 7.17. The van der Waals surface area contributed by atoms with Crippen molar-refractivity contribution in [3.8, 4) is 11.5 Å². The fourth-order valence-corrected chi connectivity index (χ4v) is 5.50. The number of piperidine rings is 1. The Morgan fingerprint density at radius 1 is 1.10 bits per heavy atom. The van der Waals surface area contributed by atoms with E-state index in [0.717, 1.165) is 42.7 Å². The smallest absolute Gasteiger partial charge is 0.231 e. The van der Waals surface area contributed by atoms with Gasteiger partial charge in [-0.2, -0.15) is 0 Å². The van der Waals surface area contributed by atoms with E-state index in [4.69, 9.17) is 21.1 Å². The second-order valence-electron chi connectivity index (χ2n) is 8.66. The second-order valence-corrected chi connectivity index (χ2v) is 9.10. The monoisotopic (exact) mass is 427 g/mol. The number of fused-ring (bicyclic) bond motifs is 2. The Balaban J connectivity index is 1.47. The molecule has 2 aromatic carbocycles. The second kappa shape index (κ2) is 7.88. The van der Waals surface area contributed by atoms with Gasteiger partial charge in [0.15, 0.2) is 17.3 Å². The number of carbonyl (C=O) groups excluding carboxylic acids is 1. The first-order valence-corrected chi connectivity index (χ1v) is 11.1. The minimum absolute atomic E-state index is 0.0326. The molecule has 2 heterocycles. The summed E-state index contributed by atoms with van der Waals surface area (Å²) in [5.41, 5.74) is 1.07. The maximum atomic E-state index is 13.0. The van der Waals surface area contributed by atoms with Crippen LogP contribution < -0.4 is 9.47 Å². The predicted octanol–water partition coefficient (Wildman–Crippen LogP) is 4.62. The van der Waals surface area contributed by atoms with Gasteiger partial charge in [0.1, 0.15) is 0 Å². The first-order valence-electron chi connectivity index (χ1n) is 10.7. The van der Waals surface area contributed by atoms with E-state index < -0.39 is 5.60 Å². The molecule has 3 aliphatic rings. The Kier molecular flexibility index (Phi) is 5.21. The van der Waals surface area contributed by atoms with E-state index in [2.05, 4.69) is 11.0 Å². The number of carbonyl (C=O) groups is 1. The highest BCUT2D eigenvalue weighted by atomic mass is 35.5. The van der Waals surface area contributed by atoms with Crippen molar-refractivity contribution in [1.29, 1.82) is 0 Å². The third-order valence-electron chi connectivity index (χ3n) is 6.92. The number of aliphatic hydroxyl groups is 1. The molecule has 1 aliphatic carbocycles. The standard InChI is InChI=1S/C24H26ClNO4/c25-18-7-4-16(5-8-18)20(27)14-26-12-11-24(28)10-2-1-3-19(24)23(26)17-6-9-21-22(13-17)30-15-29-21/h4-9,13,19,23,28H,1-3,10-12,14-15H2. The molecule has 3 unspecified atom stereocenters. The minimum Gasteiger partial charge on any atom is -0.454 e. The lowest BCUT2D eigenvalue weighted by molar-refractivity contribution is -0.122. The molecule has 158 valence electrons. The molecule has 2 aliphatic heterocycles. The van der Waals surface area contributed by atoms with Gasteiger partial charge in [-0.3, -0.25) is 9.69 Å². The summed E-state index contributed by atoms with van der Waals surface area (Å²) in [4.78, 5) is 15.3. The topological polar surface area (TPSA) is 59.0 Å². The molecule has 3 atom stereocenters. The highest BCUT2D eigenvalue weighted by molar-refractivity contribution is 6.30. The van der Waals surface area contributed by atoms with Crippen molar-refractivity contribution < 1.29 is 19.4 Å². The SMILES string of the molecule is O=C(CN1CCC2(O)CCCCC2C1c1ccc2c(c1)OCO2)c1ccc(Cl)cc1. The van der Waals surface area contributed by atoms with Gasteiger partial charge in [-0.1, -0.05) is 30.5 Å². The van der Waals surface area contributed by atoms with Crippen LogP contribution in [0.1, 0.15) is 54.1 Å². The summed E-state index contributed by atoms with van der Waals surface area (Å²) in [7, 11) is 0. The summed E-state index contributed by atoms with van der Waals surface area (Å²) in [6.07, 6.45) is 4.66. The van der Waals surface area contributed by atoms with Gasteiger partial charge in [0.25, 0.3) is 0 Å². The van der Waals surface area contributed by atoms with Crippen molar-refractivity contribution in [2.75, 3.05) is 19.9 Å². The van der Waals surface area contributed by atoms with E-state index in [9.17, 15) is 9.90 Å². The van der Waals surface area contributed by atoms with Crippen LogP contribution in [0.15, 0.2) is 42.5 Å². The number of ether oxygens (including phenoxy) is 2. The lowest BCUT2D eigenvalue weighted by Gasteiger charge is -2.52. The quantitative estimate of drug-likeness (QED) is 0.721. The summed E-state index contributed by atoms with van der Waals surface area (Å²) in [5, 5.41) is 12.1. The average Bonchev–Trinajstić information content (AvgIpc) is 3.22. The molecule has 6 heteroatoms. The lowest BCUT2D eigenvalue weighted by Crippen LogP contribution is -2.55. The number of Topliss-reactive ketones (excluding diaryl/α,β-unsaturated/α-hetero) is 1. The maximum absolute atomic E-state index is 13.0. The van der Waals surface area contributed by atoms with Gasteiger partial charge < -0.3 is 14.6 Å². The van der Waals surface area contributed by atoms with Crippen LogP contribution in [0.4, 0.5) is 0 Å². The predicted molar refractivity (Wildman–Crippen MR) is 114 cm³/mol. The Labute approximate surface area is 181 Å². The maximum Gasteiger partial charge on any atom is 0.231 e. The third kappa shape index (κ3) is 3.59. The molecule has 1 saturated heterocycles. The Morgan fingerprint density at radius 2 is 1.90 bits per heavy atom. The fraction of sp³-hybridized carbons (Fsp3) is 0.458. The van der Waals surface area contributed by atoms with Crippen molar-refractivity contribution >= 4 is 17.4 Å². The molecule has 1 saturated carbocycles. The Hall–Kier alpha value is -2.08. The first-order chi connectivity index (χ1) is 14.5. The van der Waals surface area contributed by atoms with Gasteiger partial charge in [-0.25, -0.2) is 0 Å². The number of benzene rings is 2. The molecule has 0 radical (unpaired) electrons. The lowest BCUT2D eigenvalue weighted by atomic mass is 9.66. The van der Waals surface area contributed by atoms with Crippen LogP contribution in [0.5, 0.6) is 11.5 Å². The van der Waals surface area contributed by atoms with Gasteiger partial charge in [0.2, 0.25) is 6.79 Å². The van der Waals surface area contributed by atoms with Crippen molar-refractivity contribution in [1.82, 2.24) is 4.90 Å². The van der Waals surface area contributed by atoms with Crippen LogP contribution in [0, 0.1) is 5.92 Å². The number of nitrogens with zero attached hydrogens (tertiary/aromatic N) is 1. The summed E-state index contributed by atoms with van der Waals surface area (Å²) in [6.45, 7) is 1.23. The number of hydrogen-bond donors (Lipinski definition) is 1. The van der Waals surface area contributed by atoms with Crippen molar-refractivity contribution in [2.45, 2.75) is 43.7 Å². The fourth-order valence-electron chi connectivity index (χ4n) is 5.37. The van der Waals surface area contributed by atoms with Crippen LogP contribution in [0.2, 0.25) is 5.02 Å². The molecule has 5 nitrogen and oxygen atoms in total. The zero-order valence-corrected chi connectivity index (χ0v) is 17.6. The van der Waals surface area contributed by atoms with Crippen LogP contribution in [-0.4, -0.2) is 41.3 Å². The Bertz CT molecular complexity index is 947. The molecule has 0 spiro atoms. The molecule has 0 aromatic heterocycles. The number of hydrogen-bond acceptors (Lipinski definition) is 5. The molecular weight excluding hydrogens is 402 g/mol. The van der Waals surface area contributed by atoms with Crippen molar-refractivity contribution in [2.24, 2.45) is 5.92 Å². The molecule has 2 fully saturated rings. The highest BCUT2D eigenvalue weighted by Gasteiger charge is 2.49. The zero-order chi connectivity index (χ0) is 20.7. The van der Waals surface area contributed by atoms with E-state index in [1.807, 2.05) is 12.1 Å². The molecule has 2 aromatic rings. The van der Waals surface area contributed by atoms with E-state index in [1.54, 1.807) is 24.3 Å². The van der Waals surface area contributed by atoms with Crippen molar-refractivity contribution in [3.63, 3.8) is 0 Å². The van der Waals surface area contributed by atoms with Gasteiger partial charge in [0.05, 0.1) is 12.1 Å². The zero-order valence-electron chi connectivity index (χ0n) is 16.9. The van der Waals surface area contributed by atoms with Gasteiger partial charge in [-0.05, 0) is 61.2 Å². The normalized spacial score (nSPS) is 28.2. The van der Waals surface area contributed by atoms with Crippen LogP contribution in [0.3, 0.4) is 0 Å². The minimum atomic E-state index is -0.668. The number of halogens is 1. The number of ketones is 1. The van der Waals surface area contributed by atoms with E-state index in [-0.39, 0.29) is 24.5 Å². The molecule has 0 amide bonds. The molecule has 5 rings (SSSR count). The molecule has 30 heavy (non-hydrogen) atoms. The van der Waals surface area contributed by atoms with Gasteiger partial charge in [0, 0.05) is 29.1 Å². The van der Waals surface area contributed by atoms with Crippen molar-refractivity contribution in [3.05, 3.63) is 58.6 Å². The Morgan fingerprint density at radius 3 is 2.73 bits per heavy atom.